The van der Waals surface area contributed by atoms with Gasteiger partial charge in [0, 0.05) is 0 Å². The lowest BCUT2D eigenvalue weighted by atomic mass is 11.0. The number of rotatable bonds is 4. The molecular weight excluding hydrogens is 182 g/mol. The summed E-state index contributed by atoms with van der Waals surface area (Å²) in [5.74, 6) is 0. The van der Waals surface area contributed by atoms with Gasteiger partial charge in [0.2, 0.25) is 0 Å². The van der Waals surface area contributed by atoms with Gasteiger partial charge in [0.05, 0.1) is 26.9 Å². The van der Waals surface area contributed by atoms with Crippen LogP contribution in [-0.2, 0) is 0 Å². The van der Waals surface area contributed by atoms with Gasteiger partial charge in [0.1, 0.15) is 0 Å². The van der Waals surface area contributed by atoms with Crippen LogP contribution >= 0.6 is 0 Å². The summed E-state index contributed by atoms with van der Waals surface area (Å²) in [6.07, 6.45) is 0. The highest BCUT2D eigenvalue weighted by molar-refractivity contribution is 6.85. The molecule has 0 radical (unpaired) electrons. The zero-order valence-electron chi connectivity index (χ0n) is 8.89. The summed E-state index contributed by atoms with van der Waals surface area (Å²) in [6, 6.07) is 1.45. The van der Waals surface area contributed by atoms with E-state index in [9.17, 15) is 0 Å². The Balaban J connectivity index is 4.09. The summed E-state index contributed by atoms with van der Waals surface area (Å²) >= 11 is 0. The van der Waals surface area contributed by atoms with Crippen LogP contribution in [0.2, 0.25) is 38.8 Å². The van der Waals surface area contributed by atoms with Gasteiger partial charge >= 0.3 is 0 Å². The van der Waals surface area contributed by atoms with E-state index >= 15 is 0 Å². The van der Waals surface area contributed by atoms with Gasteiger partial charge in [-0.2, -0.15) is 0 Å². The van der Waals surface area contributed by atoms with Crippen molar-refractivity contribution in [3.63, 3.8) is 0 Å². The summed E-state index contributed by atoms with van der Waals surface area (Å²) in [5, 5.41) is 0. The Morgan fingerprint density at radius 1 is 0.909 bits per heavy atom. The minimum Gasteiger partial charge on any atom is -0.376 e. The molecule has 0 aromatic rings. The SMILES string of the molecule is CC[SiH](C)N([SiH](C)C)[SiH](C)C. The van der Waals surface area contributed by atoms with Crippen molar-refractivity contribution in [3.05, 3.63) is 0 Å². The highest BCUT2D eigenvalue weighted by Gasteiger charge is 2.20. The Morgan fingerprint density at radius 2 is 1.27 bits per heavy atom. The Kier molecular flexibility index (Phi) is 5.58. The van der Waals surface area contributed by atoms with Gasteiger partial charge in [-0.05, 0) is 0 Å². The van der Waals surface area contributed by atoms with Crippen molar-refractivity contribution < 1.29 is 0 Å². The van der Waals surface area contributed by atoms with Crippen LogP contribution in [0.5, 0.6) is 0 Å². The zero-order valence-corrected chi connectivity index (χ0v) is 12.4. The van der Waals surface area contributed by atoms with Gasteiger partial charge in [0.25, 0.3) is 0 Å². The van der Waals surface area contributed by atoms with Crippen molar-refractivity contribution in [3.8, 4) is 0 Å². The third-order valence-electron chi connectivity index (χ3n) is 2.29. The van der Waals surface area contributed by atoms with Crippen LogP contribution in [0.3, 0.4) is 0 Å². The van der Waals surface area contributed by atoms with E-state index in [1.54, 1.807) is 0 Å². The van der Waals surface area contributed by atoms with Gasteiger partial charge in [-0.15, -0.1) is 0 Å². The molecule has 0 aliphatic heterocycles. The van der Waals surface area contributed by atoms with E-state index in [4.69, 9.17) is 0 Å². The Labute approximate surface area is 76.9 Å². The molecule has 0 bridgehead atoms. The van der Waals surface area contributed by atoms with E-state index in [1.807, 2.05) is 0 Å². The van der Waals surface area contributed by atoms with Crippen molar-refractivity contribution in [2.24, 2.45) is 0 Å². The van der Waals surface area contributed by atoms with Crippen LogP contribution in [0.25, 0.3) is 0 Å². The molecule has 1 nitrogen and oxygen atoms in total. The monoisotopic (exact) mass is 205 g/mol. The first kappa shape index (κ1) is 11.6. The Hall–Kier alpha value is 0.611. The topological polar surface area (TPSA) is 3.24 Å². The zero-order chi connectivity index (χ0) is 9.02. The third-order valence-corrected chi connectivity index (χ3v) is 17.1. The maximum atomic E-state index is 2.97. The molecule has 0 fully saturated rings. The maximum absolute atomic E-state index is 2.97. The molecule has 0 spiro atoms. The number of nitrogens with zero attached hydrogens (tertiary/aromatic N) is 1. The van der Waals surface area contributed by atoms with Crippen molar-refractivity contribution in [2.45, 2.75) is 45.7 Å². The highest BCUT2D eigenvalue weighted by atomic mass is 28.4. The summed E-state index contributed by atoms with van der Waals surface area (Å²) < 4.78 is 2.97. The number of hydrogen-bond donors (Lipinski definition) is 0. The van der Waals surface area contributed by atoms with Gasteiger partial charge in [-0.1, -0.05) is 45.7 Å². The molecule has 0 aromatic heterocycles. The van der Waals surface area contributed by atoms with Gasteiger partial charge < -0.3 is 3.90 Å². The van der Waals surface area contributed by atoms with Gasteiger partial charge in [0.15, 0.2) is 0 Å². The van der Waals surface area contributed by atoms with Crippen LogP contribution in [0.4, 0.5) is 0 Å². The van der Waals surface area contributed by atoms with Crippen LogP contribution < -0.4 is 0 Å². The lowest BCUT2D eigenvalue weighted by Gasteiger charge is -2.34. The summed E-state index contributed by atoms with van der Waals surface area (Å²) in [5.41, 5.74) is 0. The molecule has 0 heterocycles. The van der Waals surface area contributed by atoms with Crippen molar-refractivity contribution in [1.82, 2.24) is 3.90 Å². The van der Waals surface area contributed by atoms with E-state index < -0.39 is 26.9 Å². The average Bonchev–Trinajstić information content (AvgIpc) is 1.85. The summed E-state index contributed by atoms with van der Waals surface area (Å²) in [4.78, 5) is 0. The largest absolute Gasteiger partial charge is 0.376 e. The second kappa shape index (κ2) is 5.29. The van der Waals surface area contributed by atoms with Gasteiger partial charge in [-0.25, -0.2) is 0 Å². The molecule has 1 atom stereocenters. The molecule has 1 unspecified atom stereocenters. The van der Waals surface area contributed by atoms with E-state index in [0.717, 1.165) is 0 Å². The molecule has 68 valence electrons. The molecule has 0 N–H and O–H groups in total. The minimum atomic E-state index is -0.462. The molecule has 0 aromatic carbocycles. The highest BCUT2D eigenvalue weighted by Crippen LogP contribution is 2.06. The van der Waals surface area contributed by atoms with Crippen LogP contribution in [-0.4, -0.2) is 30.8 Å². The van der Waals surface area contributed by atoms with Crippen molar-refractivity contribution >= 4 is 26.9 Å². The smallest absolute Gasteiger partial charge is 0.0941 e. The normalized spacial score (nSPS) is 15.0. The molecule has 0 rings (SSSR count). The van der Waals surface area contributed by atoms with E-state index in [1.165, 1.54) is 6.04 Å². The Bertz CT molecular complexity index is 97.9. The predicted octanol–water partition coefficient (Wildman–Crippen LogP) is 1.63. The fourth-order valence-corrected chi connectivity index (χ4v) is 16.4. The average molecular weight is 206 g/mol. The molecule has 0 saturated heterocycles. The molecular formula is C7H23NSi3. The van der Waals surface area contributed by atoms with E-state index in [0.29, 0.717) is 0 Å². The van der Waals surface area contributed by atoms with Crippen LogP contribution in [0, 0.1) is 0 Å². The number of hydrogen-bond acceptors (Lipinski definition) is 1. The van der Waals surface area contributed by atoms with Crippen LogP contribution in [0.1, 0.15) is 6.92 Å². The quantitative estimate of drug-likeness (QED) is 0.631. The maximum Gasteiger partial charge on any atom is 0.0941 e. The lowest BCUT2D eigenvalue weighted by molar-refractivity contribution is 0.979. The fourth-order valence-electron chi connectivity index (χ4n) is 1.83. The third kappa shape index (κ3) is 3.69. The fraction of sp³-hybridized carbons (Fsp3) is 1.00. The minimum absolute atomic E-state index is 0.455. The first-order valence-electron chi connectivity index (χ1n) is 4.78. The first-order chi connectivity index (χ1) is 5.00. The second-order valence-corrected chi connectivity index (χ2v) is 14.4. The van der Waals surface area contributed by atoms with Crippen molar-refractivity contribution in [1.29, 1.82) is 0 Å². The molecule has 0 amide bonds. The van der Waals surface area contributed by atoms with E-state index in [2.05, 4.69) is 43.6 Å². The summed E-state index contributed by atoms with van der Waals surface area (Å²) in [6.45, 7) is 14.8. The summed E-state index contributed by atoms with van der Waals surface area (Å²) in [7, 11) is -1.38. The lowest BCUT2D eigenvalue weighted by Crippen LogP contribution is -2.51. The molecule has 4 heteroatoms. The Morgan fingerprint density at radius 3 is 1.36 bits per heavy atom. The van der Waals surface area contributed by atoms with Gasteiger partial charge in [-0.3, -0.25) is 0 Å². The molecule has 0 aliphatic carbocycles. The van der Waals surface area contributed by atoms with Crippen LogP contribution in [0.15, 0.2) is 0 Å². The standard InChI is InChI=1S/C7H23NSi3/c1-7-11(6)8(9(2)3)10(4)5/h9-11H,7H2,1-6H3. The second-order valence-electron chi connectivity index (χ2n) is 3.89. The molecule has 11 heavy (non-hydrogen) atoms. The predicted molar refractivity (Wildman–Crippen MR) is 63.1 cm³/mol. The van der Waals surface area contributed by atoms with E-state index in [-0.39, 0.29) is 0 Å². The molecule has 0 saturated carbocycles. The first-order valence-corrected chi connectivity index (χ1v) is 12.9. The molecule has 0 aliphatic rings. The van der Waals surface area contributed by atoms with Crippen molar-refractivity contribution in [2.75, 3.05) is 0 Å².